The minimum Gasteiger partial charge on any atom is -0.383 e. The van der Waals surface area contributed by atoms with Gasteiger partial charge in [-0.15, -0.1) is 0 Å². The normalized spacial score (nSPS) is 11.3. The Labute approximate surface area is 125 Å². The Hall–Kier alpha value is -1.55. The second kappa shape index (κ2) is 6.27. The van der Waals surface area contributed by atoms with Crippen LogP contribution in [0.5, 0.6) is 0 Å². The van der Waals surface area contributed by atoms with E-state index < -0.39 is 0 Å². The zero-order chi connectivity index (χ0) is 14.7. The first-order valence-corrected chi connectivity index (χ1v) is 7.69. The number of benzene rings is 1. The number of hydrogen-bond donors (Lipinski definition) is 1. The van der Waals surface area contributed by atoms with E-state index in [1.807, 2.05) is 0 Å². The van der Waals surface area contributed by atoms with Crippen molar-refractivity contribution in [3.8, 4) is 0 Å². The summed E-state index contributed by atoms with van der Waals surface area (Å²) in [6.07, 6.45) is 1.53. The zero-order valence-corrected chi connectivity index (χ0v) is 13.2. The fourth-order valence-electron chi connectivity index (χ4n) is 2.05. The van der Waals surface area contributed by atoms with Crippen molar-refractivity contribution in [2.24, 2.45) is 0 Å². The second-order valence-electron chi connectivity index (χ2n) is 5.46. The Morgan fingerprint density at radius 2 is 1.60 bits per heavy atom. The molecule has 0 aliphatic carbocycles. The average Bonchev–Trinajstić information content (AvgIpc) is 2.39. The molecule has 0 saturated carbocycles. The summed E-state index contributed by atoms with van der Waals surface area (Å²) in [5.74, 6) is 1.44. The van der Waals surface area contributed by atoms with E-state index in [0.29, 0.717) is 17.7 Å². The van der Waals surface area contributed by atoms with Gasteiger partial charge in [-0.3, -0.25) is 0 Å². The van der Waals surface area contributed by atoms with Crippen molar-refractivity contribution in [2.45, 2.75) is 49.5 Å². The van der Waals surface area contributed by atoms with Crippen LogP contribution in [-0.4, -0.2) is 9.97 Å². The predicted octanol–water partition coefficient (Wildman–Crippen LogP) is 4.46. The minimum atomic E-state index is 0.314. The van der Waals surface area contributed by atoms with Crippen LogP contribution in [0.1, 0.15) is 50.7 Å². The highest BCUT2D eigenvalue weighted by molar-refractivity contribution is 7.99. The molecule has 2 N–H and O–H groups in total. The number of nitrogens with zero attached hydrogens (tertiary/aromatic N) is 2. The van der Waals surface area contributed by atoms with Gasteiger partial charge in [-0.2, -0.15) is 0 Å². The van der Waals surface area contributed by atoms with Crippen molar-refractivity contribution >= 4 is 17.6 Å². The maximum atomic E-state index is 5.98. The summed E-state index contributed by atoms with van der Waals surface area (Å²) in [5, 5.41) is 0.949. The molecule has 0 unspecified atom stereocenters. The highest BCUT2D eigenvalue weighted by atomic mass is 32.2. The summed E-state index contributed by atoms with van der Waals surface area (Å²) in [4.78, 5) is 9.65. The van der Waals surface area contributed by atoms with E-state index in [-0.39, 0.29) is 0 Å². The summed E-state index contributed by atoms with van der Waals surface area (Å²) in [5.41, 5.74) is 8.36. The molecule has 0 aliphatic heterocycles. The molecule has 0 aliphatic rings. The molecule has 0 bridgehead atoms. The number of hydrogen-bond acceptors (Lipinski definition) is 4. The first-order valence-electron chi connectivity index (χ1n) is 6.87. The van der Waals surface area contributed by atoms with Crippen molar-refractivity contribution in [3.05, 3.63) is 41.7 Å². The first kappa shape index (κ1) is 14.9. The standard InChI is InChI=1S/C16H21N3S/c1-10(2)12-5-7-13(8-6-12)20-16-14(11(3)4)15(17)18-9-19-16/h5-11H,1-4H3,(H2,17,18,19). The molecule has 0 saturated heterocycles. The maximum Gasteiger partial charge on any atom is 0.131 e. The largest absolute Gasteiger partial charge is 0.383 e. The SMILES string of the molecule is CC(C)c1ccc(Sc2ncnc(N)c2C(C)C)cc1. The zero-order valence-electron chi connectivity index (χ0n) is 12.4. The van der Waals surface area contributed by atoms with Gasteiger partial charge >= 0.3 is 0 Å². The van der Waals surface area contributed by atoms with Crippen LogP contribution in [-0.2, 0) is 0 Å². The van der Waals surface area contributed by atoms with Gasteiger partial charge in [-0.05, 0) is 29.5 Å². The highest BCUT2D eigenvalue weighted by Gasteiger charge is 2.14. The molecule has 0 radical (unpaired) electrons. The molecular weight excluding hydrogens is 266 g/mol. The molecule has 2 rings (SSSR count). The van der Waals surface area contributed by atoms with Crippen LogP contribution in [0, 0.1) is 0 Å². The highest BCUT2D eigenvalue weighted by Crippen LogP contribution is 2.34. The predicted molar refractivity (Wildman–Crippen MR) is 85.2 cm³/mol. The average molecular weight is 287 g/mol. The van der Waals surface area contributed by atoms with E-state index in [2.05, 4.69) is 61.9 Å². The van der Waals surface area contributed by atoms with Crippen LogP contribution in [0.15, 0.2) is 40.5 Å². The van der Waals surface area contributed by atoms with Gasteiger partial charge in [-0.25, -0.2) is 9.97 Å². The lowest BCUT2D eigenvalue weighted by Gasteiger charge is -2.13. The fourth-order valence-corrected chi connectivity index (χ4v) is 3.09. The smallest absolute Gasteiger partial charge is 0.131 e. The van der Waals surface area contributed by atoms with E-state index in [0.717, 1.165) is 10.6 Å². The maximum absolute atomic E-state index is 5.98. The molecule has 0 fully saturated rings. The van der Waals surface area contributed by atoms with Crippen molar-refractivity contribution in [1.29, 1.82) is 0 Å². The summed E-state index contributed by atoms with van der Waals surface area (Å²) in [6.45, 7) is 8.62. The lowest BCUT2D eigenvalue weighted by atomic mass is 10.0. The number of anilines is 1. The van der Waals surface area contributed by atoms with Gasteiger partial charge in [0.05, 0.1) is 0 Å². The third-order valence-electron chi connectivity index (χ3n) is 3.22. The number of rotatable bonds is 4. The number of aromatic nitrogens is 2. The van der Waals surface area contributed by atoms with Gasteiger partial charge < -0.3 is 5.73 Å². The molecule has 1 aromatic heterocycles. The molecule has 1 aromatic carbocycles. The summed E-state index contributed by atoms with van der Waals surface area (Å²) in [7, 11) is 0. The molecule has 1 heterocycles. The first-order chi connectivity index (χ1) is 9.49. The third-order valence-corrected chi connectivity index (χ3v) is 4.24. The molecule has 0 spiro atoms. The third kappa shape index (κ3) is 3.31. The van der Waals surface area contributed by atoms with Crippen LogP contribution in [0.3, 0.4) is 0 Å². The monoisotopic (exact) mass is 287 g/mol. The van der Waals surface area contributed by atoms with Crippen molar-refractivity contribution in [3.63, 3.8) is 0 Å². The topological polar surface area (TPSA) is 51.8 Å². The van der Waals surface area contributed by atoms with Gasteiger partial charge in [0, 0.05) is 10.5 Å². The van der Waals surface area contributed by atoms with Crippen LogP contribution >= 0.6 is 11.8 Å². The van der Waals surface area contributed by atoms with Crippen LogP contribution < -0.4 is 5.73 Å². The molecule has 20 heavy (non-hydrogen) atoms. The number of nitrogens with two attached hydrogens (primary N) is 1. The van der Waals surface area contributed by atoms with Gasteiger partial charge in [0.25, 0.3) is 0 Å². The minimum absolute atomic E-state index is 0.314. The molecule has 106 valence electrons. The van der Waals surface area contributed by atoms with Gasteiger partial charge in [0.1, 0.15) is 17.2 Å². The Kier molecular flexibility index (Phi) is 4.65. The number of nitrogen functional groups attached to an aromatic ring is 1. The van der Waals surface area contributed by atoms with Crippen molar-refractivity contribution < 1.29 is 0 Å². The van der Waals surface area contributed by atoms with Crippen molar-refractivity contribution in [2.75, 3.05) is 5.73 Å². The van der Waals surface area contributed by atoms with Gasteiger partial charge in [0.15, 0.2) is 0 Å². The molecular formula is C16H21N3S. The van der Waals surface area contributed by atoms with Crippen LogP contribution in [0.2, 0.25) is 0 Å². The summed E-state index contributed by atoms with van der Waals surface area (Å²) < 4.78 is 0. The Balaban J connectivity index is 2.28. The van der Waals surface area contributed by atoms with Gasteiger partial charge in [0.2, 0.25) is 0 Å². The Bertz CT molecular complexity index is 577. The molecule has 0 amide bonds. The molecule has 2 aromatic rings. The summed E-state index contributed by atoms with van der Waals surface area (Å²) in [6, 6.07) is 8.63. The second-order valence-corrected chi connectivity index (χ2v) is 6.52. The van der Waals surface area contributed by atoms with Gasteiger partial charge in [-0.1, -0.05) is 51.6 Å². The molecule has 4 heteroatoms. The van der Waals surface area contributed by atoms with Crippen LogP contribution in [0.25, 0.3) is 0 Å². The molecule has 0 atom stereocenters. The van der Waals surface area contributed by atoms with E-state index in [1.165, 1.54) is 16.8 Å². The Morgan fingerprint density at radius 1 is 0.950 bits per heavy atom. The van der Waals surface area contributed by atoms with E-state index >= 15 is 0 Å². The van der Waals surface area contributed by atoms with Crippen LogP contribution in [0.4, 0.5) is 5.82 Å². The summed E-state index contributed by atoms with van der Waals surface area (Å²) >= 11 is 1.65. The lowest BCUT2D eigenvalue weighted by molar-refractivity contribution is 0.808. The Morgan fingerprint density at radius 3 is 2.15 bits per heavy atom. The lowest BCUT2D eigenvalue weighted by Crippen LogP contribution is -2.03. The molecule has 3 nitrogen and oxygen atoms in total. The van der Waals surface area contributed by atoms with Crippen molar-refractivity contribution in [1.82, 2.24) is 9.97 Å². The van der Waals surface area contributed by atoms with E-state index in [4.69, 9.17) is 5.73 Å². The quantitative estimate of drug-likeness (QED) is 0.844. The van der Waals surface area contributed by atoms with E-state index in [1.54, 1.807) is 11.8 Å². The fraction of sp³-hybridized carbons (Fsp3) is 0.375. The van der Waals surface area contributed by atoms with E-state index in [9.17, 15) is 0 Å².